The number of rotatable bonds is 8. The maximum absolute atomic E-state index is 12.0. The van der Waals surface area contributed by atoms with Crippen LogP contribution in [0.15, 0.2) is 54.6 Å². The molecular formula is C22H25NO3S. The van der Waals surface area contributed by atoms with E-state index in [-0.39, 0.29) is 23.6 Å². The quantitative estimate of drug-likeness (QED) is 0.529. The topological polar surface area (TPSA) is 55.4 Å². The van der Waals surface area contributed by atoms with Gasteiger partial charge in [0.2, 0.25) is 0 Å². The van der Waals surface area contributed by atoms with Crippen LogP contribution in [0.3, 0.4) is 0 Å². The lowest BCUT2D eigenvalue weighted by molar-refractivity contribution is -0.121. The summed E-state index contributed by atoms with van der Waals surface area (Å²) in [7, 11) is 0. The van der Waals surface area contributed by atoms with Crippen LogP contribution in [0.1, 0.15) is 36.7 Å². The summed E-state index contributed by atoms with van der Waals surface area (Å²) in [4.78, 5) is 24.5. The normalized spacial score (nSPS) is 12.7. The van der Waals surface area contributed by atoms with Crippen LogP contribution in [-0.4, -0.2) is 23.3 Å². The van der Waals surface area contributed by atoms with E-state index in [0.717, 1.165) is 5.56 Å². The molecule has 0 aliphatic carbocycles. The zero-order valence-corrected chi connectivity index (χ0v) is 16.7. The van der Waals surface area contributed by atoms with E-state index in [2.05, 4.69) is 5.32 Å². The zero-order chi connectivity index (χ0) is 19.8. The van der Waals surface area contributed by atoms with E-state index in [9.17, 15) is 9.59 Å². The summed E-state index contributed by atoms with van der Waals surface area (Å²) in [6.45, 7) is 5.59. The number of anilines is 1. The van der Waals surface area contributed by atoms with Crippen LogP contribution in [0, 0.1) is 11.8 Å². The van der Waals surface area contributed by atoms with E-state index < -0.39 is 0 Å². The second-order valence-electron chi connectivity index (χ2n) is 6.49. The first kappa shape index (κ1) is 20.8. The Bertz CT molecular complexity index is 804. The number of ether oxygens (including phenoxy) is 1. The maximum atomic E-state index is 12.0. The predicted molar refractivity (Wildman–Crippen MR) is 112 cm³/mol. The molecule has 2 aromatic carbocycles. The third-order valence-corrected chi connectivity index (χ3v) is 4.93. The van der Waals surface area contributed by atoms with Gasteiger partial charge in [-0.25, -0.2) is 4.79 Å². The maximum Gasteiger partial charge on any atom is 0.338 e. The number of hydrogen-bond acceptors (Lipinski definition) is 4. The van der Waals surface area contributed by atoms with Crippen molar-refractivity contribution in [2.24, 2.45) is 11.8 Å². The molecule has 0 bridgehead atoms. The predicted octanol–water partition coefficient (Wildman–Crippen LogP) is 4.69. The summed E-state index contributed by atoms with van der Waals surface area (Å²) in [5.74, 6) is -0.616. The molecule has 5 heteroatoms. The number of carbonyl (C=O) groups is 2. The largest absolute Gasteiger partial charge is 0.462 e. The Balaban J connectivity index is 2.19. The van der Waals surface area contributed by atoms with Crippen molar-refractivity contribution in [3.8, 4) is 0 Å². The number of Topliss-reactive ketones (excluding diaryl/α,β-unsaturated/α-hetero) is 1. The van der Waals surface area contributed by atoms with Gasteiger partial charge in [0.25, 0.3) is 0 Å². The minimum absolute atomic E-state index is 0.0976. The summed E-state index contributed by atoms with van der Waals surface area (Å²) in [6.07, 6.45) is 0.672. The van der Waals surface area contributed by atoms with E-state index in [1.807, 2.05) is 43.3 Å². The fourth-order valence-corrected chi connectivity index (χ4v) is 3.23. The van der Waals surface area contributed by atoms with E-state index in [4.69, 9.17) is 17.0 Å². The number of carbonyl (C=O) groups excluding carboxylic acids is 2. The average Bonchev–Trinajstić information content (AvgIpc) is 2.66. The van der Waals surface area contributed by atoms with Crippen molar-refractivity contribution in [2.45, 2.75) is 27.2 Å². The van der Waals surface area contributed by atoms with Gasteiger partial charge in [0.15, 0.2) is 0 Å². The highest BCUT2D eigenvalue weighted by atomic mass is 32.1. The molecule has 4 nitrogen and oxygen atoms in total. The number of hydrogen-bond donors (Lipinski definition) is 1. The second-order valence-corrected chi connectivity index (χ2v) is 6.93. The molecule has 27 heavy (non-hydrogen) atoms. The SMILES string of the molecule is CCOC(=O)c1cccc(NC(=S)C(Cc2ccccc2)C(C)C(C)=O)c1. The third kappa shape index (κ3) is 6.00. The summed E-state index contributed by atoms with van der Waals surface area (Å²) in [6, 6.07) is 17.0. The summed E-state index contributed by atoms with van der Waals surface area (Å²) < 4.78 is 5.04. The van der Waals surface area contributed by atoms with Crippen LogP contribution in [0.25, 0.3) is 0 Å². The van der Waals surface area contributed by atoms with Crippen LogP contribution in [0.2, 0.25) is 0 Å². The Morgan fingerprint density at radius 1 is 1.11 bits per heavy atom. The van der Waals surface area contributed by atoms with E-state index in [1.54, 1.807) is 32.0 Å². The highest BCUT2D eigenvalue weighted by Gasteiger charge is 2.26. The molecule has 0 saturated carbocycles. The molecule has 0 amide bonds. The standard InChI is InChI=1S/C22H25NO3S/c1-4-26-22(25)18-11-8-12-19(14-18)23-21(27)20(15(2)16(3)24)13-17-9-6-5-7-10-17/h5-12,14-15,20H,4,13H2,1-3H3,(H,23,27). The molecule has 0 aliphatic heterocycles. The van der Waals surface area contributed by atoms with Crippen LogP contribution < -0.4 is 5.32 Å². The molecule has 0 aliphatic rings. The number of nitrogens with one attached hydrogen (secondary N) is 1. The molecule has 1 N–H and O–H groups in total. The Labute approximate surface area is 165 Å². The highest BCUT2D eigenvalue weighted by Crippen LogP contribution is 2.23. The summed E-state index contributed by atoms with van der Waals surface area (Å²) >= 11 is 5.63. The summed E-state index contributed by atoms with van der Waals surface area (Å²) in [5.41, 5.74) is 2.29. The lowest BCUT2D eigenvalue weighted by Crippen LogP contribution is -2.31. The van der Waals surface area contributed by atoms with Gasteiger partial charge < -0.3 is 10.1 Å². The van der Waals surface area contributed by atoms with Crippen molar-refractivity contribution in [1.29, 1.82) is 0 Å². The van der Waals surface area contributed by atoms with E-state index in [0.29, 0.717) is 29.3 Å². The fraction of sp³-hybridized carbons (Fsp3) is 0.318. The van der Waals surface area contributed by atoms with Crippen molar-refractivity contribution in [3.05, 3.63) is 65.7 Å². The van der Waals surface area contributed by atoms with Crippen molar-refractivity contribution < 1.29 is 14.3 Å². The van der Waals surface area contributed by atoms with Crippen LogP contribution >= 0.6 is 12.2 Å². The highest BCUT2D eigenvalue weighted by molar-refractivity contribution is 7.80. The van der Waals surface area contributed by atoms with Crippen LogP contribution in [-0.2, 0) is 16.0 Å². The molecule has 142 valence electrons. The van der Waals surface area contributed by atoms with Gasteiger partial charge >= 0.3 is 5.97 Å². The molecule has 0 heterocycles. The molecule has 0 saturated heterocycles. The second kappa shape index (κ2) is 9.97. The lowest BCUT2D eigenvalue weighted by Gasteiger charge is -2.24. The molecule has 2 aromatic rings. The van der Waals surface area contributed by atoms with Gasteiger partial charge in [0.1, 0.15) is 5.78 Å². The van der Waals surface area contributed by atoms with Crippen molar-refractivity contribution in [2.75, 3.05) is 11.9 Å². The first-order chi connectivity index (χ1) is 12.9. The molecule has 2 unspecified atom stereocenters. The molecule has 2 rings (SSSR count). The Morgan fingerprint density at radius 3 is 2.44 bits per heavy atom. The Hall–Kier alpha value is -2.53. The van der Waals surface area contributed by atoms with Crippen LogP contribution in [0.5, 0.6) is 0 Å². The Morgan fingerprint density at radius 2 is 1.81 bits per heavy atom. The van der Waals surface area contributed by atoms with E-state index >= 15 is 0 Å². The van der Waals surface area contributed by atoms with Gasteiger partial charge in [0.05, 0.1) is 17.2 Å². The number of ketones is 1. The minimum Gasteiger partial charge on any atom is -0.462 e. The van der Waals surface area contributed by atoms with Gasteiger partial charge in [0, 0.05) is 17.5 Å². The summed E-state index contributed by atoms with van der Waals surface area (Å²) in [5, 5.41) is 3.21. The fourth-order valence-electron chi connectivity index (χ4n) is 2.82. The number of thiocarbonyl (C=S) groups is 1. The lowest BCUT2D eigenvalue weighted by atomic mass is 9.85. The zero-order valence-electron chi connectivity index (χ0n) is 15.9. The molecule has 2 atom stereocenters. The third-order valence-electron chi connectivity index (χ3n) is 4.52. The first-order valence-electron chi connectivity index (χ1n) is 9.04. The average molecular weight is 384 g/mol. The van der Waals surface area contributed by atoms with Crippen LogP contribution in [0.4, 0.5) is 5.69 Å². The van der Waals surface area contributed by atoms with Gasteiger partial charge in [-0.05, 0) is 44.0 Å². The van der Waals surface area contributed by atoms with Crippen molar-refractivity contribution >= 4 is 34.6 Å². The molecule has 0 fully saturated rings. The van der Waals surface area contributed by atoms with E-state index in [1.165, 1.54) is 0 Å². The van der Waals surface area contributed by atoms with Crippen molar-refractivity contribution in [3.63, 3.8) is 0 Å². The van der Waals surface area contributed by atoms with Crippen molar-refractivity contribution in [1.82, 2.24) is 0 Å². The van der Waals surface area contributed by atoms with Gasteiger partial charge in [-0.3, -0.25) is 4.79 Å². The first-order valence-corrected chi connectivity index (χ1v) is 9.45. The molecule has 0 spiro atoms. The number of benzene rings is 2. The molecular weight excluding hydrogens is 358 g/mol. The monoisotopic (exact) mass is 383 g/mol. The van der Waals surface area contributed by atoms with Gasteiger partial charge in [-0.15, -0.1) is 0 Å². The number of esters is 1. The smallest absolute Gasteiger partial charge is 0.338 e. The minimum atomic E-state index is -0.370. The Kier molecular flexibility index (Phi) is 7.67. The molecule has 0 radical (unpaired) electrons. The molecule has 0 aromatic heterocycles. The van der Waals surface area contributed by atoms with Gasteiger partial charge in [-0.2, -0.15) is 0 Å². The van der Waals surface area contributed by atoms with Gasteiger partial charge in [-0.1, -0.05) is 55.5 Å².